The molecule has 0 radical (unpaired) electrons. The number of halogens is 3. The summed E-state index contributed by atoms with van der Waals surface area (Å²) in [5.41, 5.74) is 0.0522. The van der Waals surface area contributed by atoms with Gasteiger partial charge in [0, 0.05) is 18.3 Å². The van der Waals surface area contributed by atoms with Gasteiger partial charge in [0.25, 0.3) is 0 Å². The van der Waals surface area contributed by atoms with Gasteiger partial charge in [-0.3, -0.25) is 0 Å². The molecule has 0 fully saturated rings. The predicted molar refractivity (Wildman–Crippen MR) is 46.1 cm³/mol. The summed E-state index contributed by atoms with van der Waals surface area (Å²) in [7, 11) is 0. The summed E-state index contributed by atoms with van der Waals surface area (Å²) >= 11 is 0. The molecule has 0 saturated heterocycles. The van der Waals surface area contributed by atoms with E-state index in [2.05, 4.69) is 4.98 Å². The van der Waals surface area contributed by atoms with Crippen LogP contribution in [0.15, 0.2) is 30.5 Å². The molecule has 2 aromatic rings. The molecule has 0 bridgehead atoms. The summed E-state index contributed by atoms with van der Waals surface area (Å²) in [5.74, 6) is -2.75. The Morgan fingerprint density at radius 3 is 2.14 bits per heavy atom. The van der Waals surface area contributed by atoms with Gasteiger partial charge < -0.3 is 4.98 Å². The average molecular weight is 197 g/mol. The quantitative estimate of drug-likeness (QED) is 0.723. The van der Waals surface area contributed by atoms with Gasteiger partial charge in [-0.2, -0.15) is 0 Å². The lowest BCUT2D eigenvalue weighted by molar-refractivity contribution is 0.547. The summed E-state index contributed by atoms with van der Waals surface area (Å²) in [4.78, 5) is 2.65. The number of H-pyrrole nitrogens is 1. The Hall–Kier alpha value is -1.71. The Labute approximate surface area is 78.2 Å². The van der Waals surface area contributed by atoms with Gasteiger partial charge in [-0.25, -0.2) is 13.2 Å². The second-order valence-corrected chi connectivity index (χ2v) is 2.83. The van der Waals surface area contributed by atoms with Crippen LogP contribution < -0.4 is 0 Å². The molecule has 1 aromatic carbocycles. The third-order valence-electron chi connectivity index (χ3n) is 1.87. The first-order chi connectivity index (χ1) is 6.68. The Bertz CT molecular complexity index is 425. The van der Waals surface area contributed by atoms with Gasteiger partial charge in [0.2, 0.25) is 0 Å². The van der Waals surface area contributed by atoms with E-state index < -0.39 is 17.5 Å². The highest BCUT2D eigenvalue weighted by Gasteiger charge is 2.13. The normalized spacial score (nSPS) is 10.5. The zero-order chi connectivity index (χ0) is 10.1. The monoisotopic (exact) mass is 197 g/mol. The van der Waals surface area contributed by atoms with Crippen LogP contribution in [0.2, 0.25) is 0 Å². The zero-order valence-electron chi connectivity index (χ0n) is 7.02. The maximum absolute atomic E-state index is 13.2. The molecule has 1 N–H and O–H groups in total. The van der Waals surface area contributed by atoms with Crippen molar-refractivity contribution in [1.29, 1.82) is 0 Å². The molecule has 1 aromatic heterocycles. The van der Waals surface area contributed by atoms with Gasteiger partial charge in [-0.15, -0.1) is 0 Å². The Balaban J connectivity index is 2.64. The van der Waals surface area contributed by atoms with Crippen molar-refractivity contribution >= 4 is 0 Å². The second-order valence-electron chi connectivity index (χ2n) is 2.83. The maximum atomic E-state index is 13.2. The van der Waals surface area contributed by atoms with Gasteiger partial charge in [-0.05, 0) is 12.1 Å². The van der Waals surface area contributed by atoms with E-state index in [0.29, 0.717) is 17.8 Å². The lowest BCUT2D eigenvalue weighted by Crippen LogP contribution is -1.92. The number of nitrogens with one attached hydrogen (secondary N) is 1. The van der Waals surface area contributed by atoms with E-state index in [0.717, 1.165) is 0 Å². The molecule has 1 heterocycles. The minimum absolute atomic E-state index is 0.239. The topological polar surface area (TPSA) is 15.8 Å². The van der Waals surface area contributed by atoms with Gasteiger partial charge in [-0.1, -0.05) is 0 Å². The summed E-state index contributed by atoms with van der Waals surface area (Å²) < 4.78 is 38.9. The Kier molecular flexibility index (Phi) is 2.04. The van der Waals surface area contributed by atoms with Crippen LogP contribution >= 0.6 is 0 Å². The summed E-state index contributed by atoms with van der Waals surface area (Å²) in [6.07, 6.45) is 1.54. The van der Waals surface area contributed by atoms with E-state index in [9.17, 15) is 13.2 Å². The fraction of sp³-hybridized carbons (Fsp3) is 0. The van der Waals surface area contributed by atoms with Crippen LogP contribution in [0, 0.1) is 17.5 Å². The van der Waals surface area contributed by atoms with E-state index in [-0.39, 0.29) is 5.56 Å². The number of hydrogen-bond donors (Lipinski definition) is 1. The standard InChI is InChI=1S/C10H6F3N/c11-6-4-7(12)10(8(13)5-6)9-2-1-3-14-9/h1-5,14H. The number of rotatable bonds is 1. The van der Waals surface area contributed by atoms with Crippen molar-refractivity contribution in [2.75, 3.05) is 0 Å². The molecule has 0 aliphatic carbocycles. The maximum Gasteiger partial charge on any atom is 0.138 e. The molecular formula is C10H6F3N. The van der Waals surface area contributed by atoms with Crippen LogP contribution in [0.5, 0.6) is 0 Å². The first kappa shape index (κ1) is 8.87. The summed E-state index contributed by atoms with van der Waals surface area (Å²) in [6.45, 7) is 0. The minimum atomic E-state index is -0.921. The van der Waals surface area contributed by atoms with Crippen molar-refractivity contribution in [3.63, 3.8) is 0 Å². The van der Waals surface area contributed by atoms with Gasteiger partial charge >= 0.3 is 0 Å². The van der Waals surface area contributed by atoms with Gasteiger partial charge in [0.05, 0.1) is 11.3 Å². The molecule has 0 aliphatic rings. The molecule has 14 heavy (non-hydrogen) atoms. The molecule has 2 rings (SSSR count). The highest BCUT2D eigenvalue weighted by molar-refractivity contribution is 5.60. The van der Waals surface area contributed by atoms with Crippen molar-refractivity contribution < 1.29 is 13.2 Å². The lowest BCUT2D eigenvalue weighted by Gasteiger charge is -2.02. The van der Waals surface area contributed by atoms with Crippen molar-refractivity contribution in [3.05, 3.63) is 47.9 Å². The highest BCUT2D eigenvalue weighted by Crippen LogP contribution is 2.25. The summed E-state index contributed by atoms with van der Waals surface area (Å²) in [6, 6.07) is 4.43. The number of aromatic amines is 1. The molecule has 0 saturated carbocycles. The zero-order valence-corrected chi connectivity index (χ0v) is 7.02. The first-order valence-corrected chi connectivity index (χ1v) is 3.97. The molecule has 1 nitrogen and oxygen atoms in total. The van der Waals surface area contributed by atoms with Crippen LogP contribution in [0.1, 0.15) is 0 Å². The van der Waals surface area contributed by atoms with Crippen molar-refractivity contribution in [2.24, 2.45) is 0 Å². The van der Waals surface area contributed by atoms with Gasteiger partial charge in [0.1, 0.15) is 17.5 Å². The summed E-state index contributed by atoms with van der Waals surface area (Å²) in [5, 5.41) is 0. The first-order valence-electron chi connectivity index (χ1n) is 3.97. The molecule has 0 unspecified atom stereocenters. The highest BCUT2D eigenvalue weighted by atomic mass is 19.1. The molecule has 0 spiro atoms. The minimum Gasteiger partial charge on any atom is -0.361 e. The van der Waals surface area contributed by atoms with Gasteiger partial charge in [0.15, 0.2) is 0 Å². The van der Waals surface area contributed by atoms with Crippen LogP contribution in [0.4, 0.5) is 13.2 Å². The van der Waals surface area contributed by atoms with E-state index in [1.54, 1.807) is 6.07 Å². The molecule has 0 aliphatic heterocycles. The fourth-order valence-electron chi connectivity index (χ4n) is 1.29. The average Bonchev–Trinajstić information content (AvgIpc) is 2.54. The third kappa shape index (κ3) is 1.39. The predicted octanol–water partition coefficient (Wildman–Crippen LogP) is 3.10. The SMILES string of the molecule is Fc1cc(F)c(-c2ccc[nH]2)c(F)c1. The van der Waals surface area contributed by atoms with E-state index in [4.69, 9.17) is 0 Å². The van der Waals surface area contributed by atoms with Crippen LogP contribution in [-0.2, 0) is 0 Å². The van der Waals surface area contributed by atoms with E-state index in [1.807, 2.05) is 0 Å². The molecule has 0 atom stereocenters. The Morgan fingerprint density at radius 1 is 1.00 bits per heavy atom. The van der Waals surface area contributed by atoms with Crippen molar-refractivity contribution in [3.8, 4) is 11.3 Å². The van der Waals surface area contributed by atoms with E-state index in [1.165, 1.54) is 12.3 Å². The lowest BCUT2D eigenvalue weighted by atomic mass is 10.1. The van der Waals surface area contributed by atoms with E-state index >= 15 is 0 Å². The fourth-order valence-corrected chi connectivity index (χ4v) is 1.29. The number of hydrogen-bond acceptors (Lipinski definition) is 0. The van der Waals surface area contributed by atoms with Crippen LogP contribution in [-0.4, -0.2) is 4.98 Å². The van der Waals surface area contributed by atoms with Crippen molar-refractivity contribution in [2.45, 2.75) is 0 Å². The molecular weight excluding hydrogens is 191 g/mol. The smallest absolute Gasteiger partial charge is 0.138 e. The number of benzene rings is 1. The van der Waals surface area contributed by atoms with Crippen LogP contribution in [0.25, 0.3) is 11.3 Å². The van der Waals surface area contributed by atoms with Crippen LogP contribution in [0.3, 0.4) is 0 Å². The Morgan fingerprint density at radius 2 is 1.64 bits per heavy atom. The third-order valence-corrected chi connectivity index (χ3v) is 1.87. The molecule has 0 amide bonds. The second kappa shape index (κ2) is 3.21. The number of aromatic nitrogens is 1. The van der Waals surface area contributed by atoms with Crippen molar-refractivity contribution in [1.82, 2.24) is 4.98 Å². The largest absolute Gasteiger partial charge is 0.361 e. The molecule has 4 heteroatoms. The molecule has 72 valence electrons.